The molecule has 0 saturated heterocycles. The van der Waals surface area contributed by atoms with Gasteiger partial charge in [-0.25, -0.2) is 0 Å². The molecule has 1 aromatic heterocycles. The molecule has 4 amide bonds. The number of thioether (sulfide) groups is 1. The second kappa shape index (κ2) is 11.9. The second-order valence-electron chi connectivity index (χ2n) is 8.53. The molecule has 4 aromatic rings. The number of hydrogen-bond acceptors (Lipinski definition) is 6. The third-order valence-electron chi connectivity index (χ3n) is 5.91. The van der Waals surface area contributed by atoms with Crippen LogP contribution >= 0.6 is 23.1 Å². The first-order chi connectivity index (χ1) is 19.0. The van der Waals surface area contributed by atoms with Crippen LogP contribution in [0, 0.1) is 0 Å². The number of amides is 4. The first-order valence-electron chi connectivity index (χ1n) is 12.1. The summed E-state index contributed by atoms with van der Waals surface area (Å²) in [5, 5.41) is 7.48. The van der Waals surface area contributed by atoms with Crippen molar-refractivity contribution >= 4 is 58.5 Å². The lowest BCUT2D eigenvalue weighted by Crippen LogP contribution is -2.31. The van der Waals surface area contributed by atoms with E-state index in [1.54, 1.807) is 60.7 Å². The lowest BCUT2D eigenvalue weighted by Gasteiger charge is -2.14. The van der Waals surface area contributed by atoms with Gasteiger partial charge >= 0.3 is 0 Å². The van der Waals surface area contributed by atoms with Gasteiger partial charge in [-0.1, -0.05) is 42.5 Å². The fourth-order valence-corrected chi connectivity index (χ4v) is 5.57. The van der Waals surface area contributed by atoms with E-state index in [0.717, 1.165) is 9.77 Å². The summed E-state index contributed by atoms with van der Waals surface area (Å²) in [5.41, 5.74) is 1.98. The van der Waals surface area contributed by atoms with Gasteiger partial charge in [-0.05, 0) is 60.0 Å². The molecule has 0 bridgehead atoms. The van der Waals surface area contributed by atoms with Crippen LogP contribution in [-0.4, -0.2) is 40.8 Å². The van der Waals surface area contributed by atoms with Gasteiger partial charge in [-0.15, -0.1) is 23.1 Å². The van der Waals surface area contributed by atoms with Crippen LogP contribution in [0.15, 0.2) is 107 Å². The minimum atomic E-state index is -0.458. The molecule has 194 valence electrons. The molecule has 0 fully saturated rings. The molecule has 5 rings (SSSR count). The highest BCUT2D eigenvalue weighted by atomic mass is 32.2. The normalized spacial score (nSPS) is 12.8. The van der Waals surface area contributed by atoms with Crippen molar-refractivity contribution in [2.45, 2.75) is 4.90 Å². The first-order valence-corrected chi connectivity index (χ1v) is 14.0. The first kappa shape index (κ1) is 26.1. The van der Waals surface area contributed by atoms with Crippen LogP contribution in [0.4, 0.5) is 5.69 Å². The lowest BCUT2D eigenvalue weighted by molar-refractivity contribution is -0.113. The molecule has 1 aliphatic heterocycles. The number of hydrogen-bond donors (Lipinski definition) is 2. The van der Waals surface area contributed by atoms with Gasteiger partial charge in [0.15, 0.2) is 0 Å². The number of nitrogens with one attached hydrogen (secondary N) is 2. The Labute approximate surface area is 233 Å². The SMILES string of the molecule is O=C(Nc1cccc(SCCN2C(=O)c3ccccc3C2=O)c1)/C(=C\c1cccs1)NC(=O)c1ccccc1. The number of carbonyl (C=O) groups is 4. The molecule has 3 aromatic carbocycles. The van der Waals surface area contributed by atoms with E-state index >= 15 is 0 Å². The van der Waals surface area contributed by atoms with Crippen molar-refractivity contribution in [1.82, 2.24) is 10.2 Å². The molecular formula is C30H23N3O4S2. The fourth-order valence-electron chi connectivity index (χ4n) is 4.02. The summed E-state index contributed by atoms with van der Waals surface area (Å²) in [6.45, 7) is 0.271. The number of benzene rings is 3. The van der Waals surface area contributed by atoms with Crippen molar-refractivity contribution in [2.24, 2.45) is 0 Å². The van der Waals surface area contributed by atoms with Crippen LogP contribution in [0.25, 0.3) is 6.08 Å². The van der Waals surface area contributed by atoms with Crippen molar-refractivity contribution in [1.29, 1.82) is 0 Å². The van der Waals surface area contributed by atoms with Gasteiger partial charge in [0.1, 0.15) is 5.70 Å². The van der Waals surface area contributed by atoms with Gasteiger partial charge in [0, 0.05) is 33.3 Å². The number of imide groups is 1. The molecule has 2 heterocycles. The van der Waals surface area contributed by atoms with Crippen LogP contribution in [0.3, 0.4) is 0 Å². The Balaban J connectivity index is 1.23. The Morgan fingerprint density at radius 2 is 1.56 bits per heavy atom. The zero-order chi connectivity index (χ0) is 27.2. The highest BCUT2D eigenvalue weighted by Gasteiger charge is 2.34. The maximum atomic E-state index is 13.2. The van der Waals surface area contributed by atoms with Gasteiger partial charge < -0.3 is 10.6 Å². The van der Waals surface area contributed by atoms with E-state index in [9.17, 15) is 19.2 Å². The average Bonchev–Trinajstić information content (AvgIpc) is 3.56. The standard InChI is InChI=1S/C30H23N3O4S2/c34-27(20-8-2-1-3-9-20)32-26(19-23-12-7-16-38-23)28(35)31-21-10-6-11-22(18-21)39-17-15-33-29(36)24-13-4-5-14-25(24)30(33)37/h1-14,16,18-19H,15,17H2,(H,31,35)(H,32,34)/b26-19+. The Morgan fingerprint density at radius 1 is 0.846 bits per heavy atom. The zero-order valence-corrected chi connectivity index (χ0v) is 22.3. The van der Waals surface area contributed by atoms with Crippen LogP contribution in [0.2, 0.25) is 0 Å². The van der Waals surface area contributed by atoms with E-state index in [4.69, 9.17) is 0 Å². The molecule has 9 heteroatoms. The summed E-state index contributed by atoms with van der Waals surface area (Å²) < 4.78 is 0. The molecule has 0 spiro atoms. The lowest BCUT2D eigenvalue weighted by atomic mass is 10.1. The van der Waals surface area contributed by atoms with E-state index in [1.807, 2.05) is 41.8 Å². The summed E-state index contributed by atoms with van der Waals surface area (Å²) in [5.74, 6) is -0.897. The van der Waals surface area contributed by atoms with Gasteiger partial charge in [-0.2, -0.15) is 0 Å². The number of fused-ring (bicyclic) bond motifs is 1. The topological polar surface area (TPSA) is 95.6 Å². The molecule has 0 atom stereocenters. The summed E-state index contributed by atoms with van der Waals surface area (Å²) in [7, 11) is 0. The molecule has 7 nitrogen and oxygen atoms in total. The Kier molecular flexibility index (Phi) is 8.00. The van der Waals surface area contributed by atoms with Gasteiger partial charge in [0.05, 0.1) is 11.1 Å². The smallest absolute Gasteiger partial charge is 0.272 e. The molecule has 0 radical (unpaired) electrons. The zero-order valence-electron chi connectivity index (χ0n) is 20.6. The summed E-state index contributed by atoms with van der Waals surface area (Å²) in [6, 6.07) is 26.5. The number of rotatable bonds is 9. The van der Waals surface area contributed by atoms with E-state index < -0.39 is 5.91 Å². The maximum Gasteiger partial charge on any atom is 0.272 e. The Hall–Kier alpha value is -4.47. The number of nitrogens with zero attached hydrogens (tertiary/aromatic N) is 1. The van der Waals surface area contributed by atoms with E-state index in [1.165, 1.54) is 28.0 Å². The predicted molar refractivity (Wildman–Crippen MR) is 154 cm³/mol. The summed E-state index contributed by atoms with van der Waals surface area (Å²) in [6.07, 6.45) is 1.64. The Bertz CT molecular complexity index is 1530. The highest BCUT2D eigenvalue weighted by Crippen LogP contribution is 2.26. The van der Waals surface area contributed by atoms with E-state index in [-0.39, 0.29) is 30.0 Å². The molecule has 2 N–H and O–H groups in total. The number of carbonyl (C=O) groups excluding carboxylic acids is 4. The maximum absolute atomic E-state index is 13.2. The molecule has 39 heavy (non-hydrogen) atoms. The molecule has 1 aliphatic rings. The predicted octanol–water partition coefficient (Wildman–Crippen LogP) is 5.55. The monoisotopic (exact) mass is 553 g/mol. The largest absolute Gasteiger partial charge is 0.321 e. The number of anilines is 1. The molecule has 0 saturated carbocycles. The van der Waals surface area contributed by atoms with Crippen molar-refractivity contribution < 1.29 is 19.2 Å². The van der Waals surface area contributed by atoms with E-state index in [0.29, 0.717) is 28.1 Å². The average molecular weight is 554 g/mol. The third kappa shape index (κ3) is 6.17. The Morgan fingerprint density at radius 3 is 2.26 bits per heavy atom. The van der Waals surface area contributed by atoms with Crippen LogP contribution < -0.4 is 10.6 Å². The van der Waals surface area contributed by atoms with Crippen LogP contribution in [0.5, 0.6) is 0 Å². The van der Waals surface area contributed by atoms with E-state index in [2.05, 4.69) is 10.6 Å². The third-order valence-corrected chi connectivity index (χ3v) is 7.71. The van der Waals surface area contributed by atoms with Crippen molar-refractivity contribution in [2.75, 3.05) is 17.6 Å². The van der Waals surface area contributed by atoms with Gasteiger partial charge in [-0.3, -0.25) is 24.1 Å². The minimum absolute atomic E-state index is 0.120. The minimum Gasteiger partial charge on any atom is -0.321 e. The van der Waals surface area contributed by atoms with Crippen molar-refractivity contribution in [3.63, 3.8) is 0 Å². The molecular weight excluding hydrogens is 530 g/mol. The molecule has 0 aliphatic carbocycles. The van der Waals surface area contributed by atoms with Crippen LogP contribution in [0.1, 0.15) is 36.0 Å². The van der Waals surface area contributed by atoms with Crippen molar-refractivity contribution in [3.05, 3.63) is 124 Å². The van der Waals surface area contributed by atoms with Gasteiger partial charge in [0.25, 0.3) is 23.6 Å². The van der Waals surface area contributed by atoms with Crippen molar-refractivity contribution in [3.8, 4) is 0 Å². The van der Waals surface area contributed by atoms with Gasteiger partial charge in [0.2, 0.25) is 0 Å². The van der Waals surface area contributed by atoms with Crippen LogP contribution in [-0.2, 0) is 4.79 Å². The second-order valence-corrected chi connectivity index (χ2v) is 10.7. The summed E-state index contributed by atoms with van der Waals surface area (Å²) >= 11 is 2.92. The highest BCUT2D eigenvalue weighted by molar-refractivity contribution is 7.99. The summed E-state index contributed by atoms with van der Waals surface area (Å²) in [4.78, 5) is 54.1. The quantitative estimate of drug-likeness (QED) is 0.161. The molecule has 0 unspecified atom stereocenters. The number of thiophene rings is 1. The fraction of sp³-hybridized carbons (Fsp3) is 0.0667.